The Balaban J connectivity index is 2.29. The molecule has 0 spiro atoms. The van der Waals surface area contributed by atoms with Crippen molar-refractivity contribution in [2.45, 2.75) is 59.0 Å². The Morgan fingerprint density at radius 2 is 1.47 bits per heavy atom. The molecule has 8 heteroatoms. The molecule has 0 fully saturated rings. The summed E-state index contributed by atoms with van der Waals surface area (Å²) in [5.41, 5.74) is -0.823. The zero-order chi connectivity index (χ0) is 24.4. The van der Waals surface area contributed by atoms with Crippen LogP contribution < -0.4 is 0 Å². The standard InChI is InChI=1S/C24H30F3NO3S/c1-17(2)23(6,22(3,4)5)16-18-12-14-20(15-13-18)32(29,30)31-28-21(24(25,26)27)19-10-8-7-9-11-19/h7-15,17H,16H2,1-6H3. The van der Waals surface area contributed by atoms with Crippen LogP contribution in [0.15, 0.2) is 64.6 Å². The number of nitrogens with zero attached hydrogens (tertiary/aromatic N) is 1. The van der Waals surface area contributed by atoms with Crippen LogP contribution in [-0.4, -0.2) is 20.3 Å². The fraction of sp³-hybridized carbons (Fsp3) is 0.458. The average molecular weight is 470 g/mol. The number of hydrogen-bond donors (Lipinski definition) is 0. The lowest BCUT2D eigenvalue weighted by atomic mass is 9.59. The van der Waals surface area contributed by atoms with Crippen LogP contribution in [-0.2, 0) is 20.8 Å². The van der Waals surface area contributed by atoms with Crippen LogP contribution in [0, 0.1) is 16.7 Å². The van der Waals surface area contributed by atoms with Gasteiger partial charge in [-0.15, -0.1) is 0 Å². The van der Waals surface area contributed by atoms with E-state index < -0.39 is 22.0 Å². The van der Waals surface area contributed by atoms with Gasteiger partial charge in [-0.25, -0.2) is 0 Å². The van der Waals surface area contributed by atoms with Crippen LogP contribution in [0.5, 0.6) is 0 Å². The molecule has 2 aromatic carbocycles. The average Bonchev–Trinajstić information content (AvgIpc) is 2.67. The Bertz CT molecular complexity index is 1040. The largest absolute Gasteiger partial charge is 0.437 e. The van der Waals surface area contributed by atoms with E-state index in [9.17, 15) is 21.6 Å². The van der Waals surface area contributed by atoms with Crippen LogP contribution in [0.25, 0.3) is 0 Å². The van der Waals surface area contributed by atoms with E-state index in [1.165, 1.54) is 36.4 Å². The zero-order valence-electron chi connectivity index (χ0n) is 19.2. The van der Waals surface area contributed by atoms with Crippen molar-refractivity contribution in [3.63, 3.8) is 0 Å². The maximum atomic E-state index is 13.3. The molecule has 0 radical (unpaired) electrons. The van der Waals surface area contributed by atoms with Crippen molar-refractivity contribution >= 4 is 15.8 Å². The molecule has 1 atom stereocenters. The van der Waals surface area contributed by atoms with Gasteiger partial charge < -0.3 is 0 Å². The van der Waals surface area contributed by atoms with Crippen LogP contribution in [0.4, 0.5) is 13.2 Å². The van der Waals surface area contributed by atoms with Crippen molar-refractivity contribution in [1.29, 1.82) is 0 Å². The van der Waals surface area contributed by atoms with E-state index in [0.29, 0.717) is 5.92 Å². The van der Waals surface area contributed by atoms with Gasteiger partial charge in [-0.2, -0.15) is 21.6 Å². The van der Waals surface area contributed by atoms with E-state index in [4.69, 9.17) is 0 Å². The van der Waals surface area contributed by atoms with Gasteiger partial charge in [0.15, 0.2) is 5.71 Å². The predicted octanol–water partition coefficient (Wildman–Crippen LogP) is 6.61. The van der Waals surface area contributed by atoms with Crippen molar-refractivity contribution in [2.75, 3.05) is 0 Å². The minimum atomic E-state index is -4.88. The maximum absolute atomic E-state index is 13.3. The Labute approximate surface area is 188 Å². The molecule has 0 saturated carbocycles. The molecule has 0 aliphatic heterocycles. The Hall–Kier alpha value is -2.35. The lowest BCUT2D eigenvalue weighted by Crippen LogP contribution is -2.39. The van der Waals surface area contributed by atoms with E-state index in [2.05, 4.69) is 51.0 Å². The van der Waals surface area contributed by atoms with Crippen molar-refractivity contribution in [3.8, 4) is 0 Å². The molecular formula is C24H30F3NO3S. The second-order valence-electron chi connectivity index (χ2n) is 9.48. The molecule has 0 aliphatic carbocycles. The summed E-state index contributed by atoms with van der Waals surface area (Å²) in [5.74, 6) is 0.377. The van der Waals surface area contributed by atoms with E-state index in [1.807, 2.05) is 0 Å². The highest BCUT2D eigenvalue weighted by molar-refractivity contribution is 7.86. The van der Waals surface area contributed by atoms with Crippen LogP contribution in [0.3, 0.4) is 0 Å². The maximum Gasteiger partial charge on any atom is 0.437 e. The van der Waals surface area contributed by atoms with Gasteiger partial charge in [0.25, 0.3) is 0 Å². The first-order valence-corrected chi connectivity index (χ1v) is 11.7. The number of hydrogen-bond acceptors (Lipinski definition) is 4. The highest BCUT2D eigenvalue weighted by Crippen LogP contribution is 2.46. The number of rotatable bonds is 7. The minimum Gasteiger partial charge on any atom is -0.264 e. The molecule has 0 amide bonds. The van der Waals surface area contributed by atoms with Crippen LogP contribution >= 0.6 is 0 Å². The fourth-order valence-corrected chi connectivity index (χ4v) is 4.25. The summed E-state index contributed by atoms with van der Waals surface area (Å²) in [4.78, 5) is -0.262. The third-order valence-corrected chi connectivity index (χ3v) is 7.43. The van der Waals surface area contributed by atoms with E-state index in [1.54, 1.807) is 18.2 Å². The molecule has 1 unspecified atom stereocenters. The van der Waals surface area contributed by atoms with E-state index >= 15 is 0 Å². The molecule has 0 N–H and O–H groups in total. The normalized spacial score (nSPS) is 15.5. The molecule has 0 bridgehead atoms. The molecule has 32 heavy (non-hydrogen) atoms. The van der Waals surface area contributed by atoms with Crippen molar-refractivity contribution in [1.82, 2.24) is 0 Å². The van der Waals surface area contributed by atoms with Crippen LogP contribution in [0.1, 0.15) is 52.7 Å². The summed E-state index contributed by atoms with van der Waals surface area (Å²) in [6, 6.07) is 12.7. The molecule has 0 saturated heterocycles. The molecule has 0 aliphatic rings. The molecule has 176 valence electrons. The summed E-state index contributed by atoms with van der Waals surface area (Å²) in [7, 11) is -4.52. The lowest BCUT2D eigenvalue weighted by Gasteiger charge is -2.46. The molecule has 2 rings (SSSR count). The monoisotopic (exact) mass is 469 g/mol. The van der Waals surface area contributed by atoms with Gasteiger partial charge in [-0.1, -0.05) is 89.2 Å². The summed E-state index contributed by atoms with van der Waals surface area (Å²) in [6.07, 6.45) is -4.16. The third-order valence-electron chi connectivity index (χ3n) is 6.31. The predicted molar refractivity (Wildman–Crippen MR) is 120 cm³/mol. The lowest BCUT2D eigenvalue weighted by molar-refractivity contribution is -0.0597. The van der Waals surface area contributed by atoms with Crippen molar-refractivity contribution < 1.29 is 25.9 Å². The van der Waals surface area contributed by atoms with Gasteiger partial charge in [-0.05, 0) is 40.9 Å². The quantitative estimate of drug-likeness (QED) is 0.339. The highest BCUT2D eigenvalue weighted by atomic mass is 32.2. The Morgan fingerprint density at radius 3 is 1.91 bits per heavy atom. The second-order valence-corrected chi connectivity index (χ2v) is 11.0. The number of alkyl halides is 3. The molecule has 2 aromatic rings. The molecule has 4 nitrogen and oxygen atoms in total. The second kappa shape index (κ2) is 9.25. The Morgan fingerprint density at radius 1 is 0.938 bits per heavy atom. The summed E-state index contributed by atoms with van der Waals surface area (Å²) in [5, 5.41) is 2.95. The number of halogens is 3. The van der Waals surface area contributed by atoms with Gasteiger partial charge in [0, 0.05) is 5.56 Å². The van der Waals surface area contributed by atoms with Gasteiger partial charge in [0.1, 0.15) is 4.90 Å². The zero-order valence-corrected chi connectivity index (χ0v) is 20.0. The smallest absolute Gasteiger partial charge is 0.264 e. The van der Waals surface area contributed by atoms with Gasteiger partial charge in [0.05, 0.1) is 0 Å². The number of benzene rings is 2. The van der Waals surface area contributed by atoms with E-state index in [0.717, 1.165) is 12.0 Å². The first kappa shape index (κ1) is 25.9. The van der Waals surface area contributed by atoms with Gasteiger partial charge >= 0.3 is 16.3 Å². The van der Waals surface area contributed by atoms with Gasteiger partial charge in [-0.3, -0.25) is 4.28 Å². The molecule has 0 aromatic heterocycles. The SMILES string of the molecule is CC(C)C(C)(Cc1ccc(S(=O)(=O)ON=C(c2ccccc2)C(F)(F)F)cc1)C(C)(C)C. The van der Waals surface area contributed by atoms with Crippen LogP contribution in [0.2, 0.25) is 0 Å². The topological polar surface area (TPSA) is 55.7 Å². The summed E-state index contributed by atoms with van der Waals surface area (Å²) >= 11 is 0. The van der Waals surface area contributed by atoms with Crippen molar-refractivity contribution in [3.05, 3.63) is 65.7 Å². The third kappa shape index (κ3) is 5.91. The minimum absolute atomic E-state index is 0.00910. The molecular weight excluding hydrogens is 439 g/mol. The van der Waals surface area contributed by atoms with Gasteiger partial charge in [0.2, 0.25) is 0 Å². The number of oxime groups is 1. The summed E-state index contributed by atoms with van der Waals surface area (Å²) in [6.45, 7) is 13.0. The first-order valence-electron chi connectivity index (χ1n) is 10.3. The highest BCUT2D eigenvalue weighted by Gasteiger charge is 2.40. The first-order chi connectivity index (χ1) is 14.6. The van der Waals surface area contributed by atoms with Crippen molar-refractivity contribution in [2.24, 2.45) is 21.9 Å². The Kier molecular flexibility index (Phi) is 7.49. The fourth-order valence-electron chi connectivity index (χ4n) is 3.53. The summed E-state index contributed by atoms with van der Waals surface area (Å²) < 4.78 is 69.4. The van der Waals surface area contributed by atoms with E-state index in [-0.39, 0.29) is 21.3 Å². The molecule has 0 heterocycles.